The summed E-state index contributed by atoms with van der Waals surface area (Å²) in [5.41, 5.74) is 3.00. The Kier molecular flexibility index (Phi) is 6.83. The minimum Gasteiger partial charge on any atom is -0.497 e. The Hall–Kier alpha value is -2.53. The molecule has 2 N–H and O–H groups in total. The first kappa shape index (κ1) is 18.8. The number of nitrogens with one attached hydrogen (secondary N) is 1. The van der Waals surface area contributed by atoms with Crippen LogP contribution >= 0.6 is 0 Å². The summed E-state index contributed by atoms with van der Waals surface area (Å²) in [7, 11) is 3.15. The molecule has 0 saturated heterocycles. The van der Waals surface area contributed by atoms with Crippen LogP contribution in [-0.2, 0) is 17.6 Å². The van der Waals surface area contributed by atoms with Crippen molar-refractivity contribution in [2.45, 2.75) is 25.8 Å². The van der Waals surface area contributed by atoms with Crippen LogP contribution in [0.3, 0.4) is 0 Å². The molecule has 0 aromatic heterocycles. The topological polar surface area (TPSA) is 67.8 Å². The van der Waals surface area contributed by atoms with Gasteiger partial charge in [0.2, 0.25) is 5.91 Å². The molecule has 1 atom stereocenters. The maximum atomic E-state index is 12.4. The molecule has 0 fully saturated rings. The van der Waals surface area contributed by atoms with Gasteiger partial charge in [-0.3, -0.25) is 4.79 Å². The molecule has 1 amide bonds. The normalized spacial score (nSPS) is 11.7. The summed E-state index contributed by atoms with van der Waals surface area (Å²) in [6.07, 6.45) is 0.745. The standard InChI is InChI=1S/C20H25NO4/c1-14-6-4-5-7-15(14)10-17(13-22)21-20(23)12-16-11-18(24-2)8-9-19(16)25-3/h4-9,11,17,22H,10,12-13H2,1-3H3,(H,21,23)/t17-/m0/s1. The van der Waals surface area contributed by atoms with Crippen LogP contribution in [0.1, 0.15) is 16.7 Å². The summed E-state index contributed by atoms with van der Waals surface area (Å²) >= 11 is 0. The number of hydrogen-bond donors (Lipinski definition) is 2. The van der Waals surface area contributed by atoms with Gasteiger partial charge in [0.15, 0.2) is 0 Å². The lowest BCUT2D eigenvalue weighted by atomic mass is 10.0. The molecule has 0 bridgehead atoms. The van der Waals surface area contributed by atoms with E-state index in [0.717, 1.165) is 16.7 Å². The number of hydrogen-bond acceptors (Lipinski definition) is 4. The molecule has 0 spiro atoms. The van der Waals surface area contributed by atoms with Gasteiger partial charge in [0, 0.05) is 5.56 Å². The van der Waals surface area contributed by atoms with Crippen LogP contribution in [0.25, 0.3) is 0 Å². The van der Waals surface area contributed by atoms with Crippen molar-refractivity contribution in [2.75, 3.05) is 20.8 Å². The molecule has 134 valence electrons. The predicted molar refractivity (Wildman–Crippen MR) is 97.1 cm³/mol. The Morgan fingerprint density at radius 3 is 2.52 bits per heavy atom. The van der Waals surface area contributed by atoms with E-state index >= 15 is 0 Å². The molecular weight excluding hydrogens is 318 g/mol. The Morgan fingerprint density at radius 1 is 1.12 bits per heavy atom. The van der Waals surface area contributed by atoms with Gasteiger partial charge in [-0.1, -0.05) is 24.3 Å². The van der Waals surface area contributed by atoms with Crippen molar-refractivity contribution in [2.24, 2.45) is 0 Å². The number of amides is 1. The van der Waals surface area contributed by atoms with Crippen LogP contribution in [0, 0.1) is 6.92 Å². The summed E-state index contributed by atoms with van der Waals surface area (Å²) < 4.78 is 10.5. The maximum absolute atomic E-state index is 12.4. The fraction of sp³-hybridized carbons (Fsp3) is 0.350. The van der Waals surface area contributed by atoms with Crippen molar-refractivity contribution in [1.82, 2.24) is 5.32 Å². The third-order valence-electron chi connectivity index (χ3n) is 4.15. The molecule has 0 radical (unpaired) electrons. The summed E-state index contributed by atoms with van der Waals surface area (Å²) in [5.74, 6) is 1.14. The summed E-state index contributed by atoms with van der Waals surface area (Å²) in [6.45, 7) is 1.90. The molecule has 2 aromatic rings. The number of aryl methyl sites for hydroxylation is 1. The van der Waals surface area contributed by atoms with Gasteiger partial charge in [-0.2, -0.15) is 0 Å². The molecule has 25 heavy (non-hydrogen) atoms. The van der Waals surface area contributed by atoms with E-state index in [1.807, 2.05) is 31.2 Å². The van der Waals surface area contributed by atoms with Crippen LogP contribution in [0.4, 0.5) is 0 Å². The second kappa shape index (κ2) is 9.08. The Balaban J connectivity index is 2.04. The van der Waals surface area contributed by atoms with E-state index in [2.05, 4.69) is 5.32 Å². The maximum Gasteiger partial charge on any atom is 0.224 e. The number of rotatable bonds is 8. The molecule has 0 aliphatic heterocycles. The quantitative estimate of drug-likeness (QED) is 0.772. The third kappa shape index (κ3) is 5.22. The molecule has 0 aliphatic rings. The van der Waals surface area contributed by atoms with Gasteiger partial charge in [-0.15, -0.1) is 0 Å². The van der Waals surface area contributed by atoms with Crippen molar-refractivity contribution in [3.05, 3.63) is 59.2 Å². The van der Waals surface area contributed by atoms with E-state index in [4.69, 9.17) is 9.47 Å². The van der Waals surface area contributed by atoms with Crippen LogP contribution in [0.15, 0.2) is 42.5 Å². The van der Waals surface area contributed by atoms with E-state index in [0.29, 0.717) is 17.9 Å². The van der Waals surface area contributed by atoms with Gasteiger partial charge < -0.3 is 19.9 Å². The molecule has 2 rings (SSSR count). The molecule has 0 heterocycles. The van der Waals surface area contributed by atoms with Gasteiger partial charge in [0.25, 0.3) is 0 Å². The average Bonchev–Trinajstić information content (AvgIpc) is 2.62. The lowest BCUT2D eigenvalue weighted by molar-refractivity contribution is -0.121. The van der Waals surface area contributed by atoms with Crippen LogP contribution in [0.2, 0.25) is 0 Å². The van der Waals surface area contributed by atoms with E-state index in [1.54, 1.807) is 32.4 Å². The second-order valence-electron chi connectivity index (χ2n) is 5.93. The number of aliphatic hydroxyl groups is 1. The van der Waals surface area contributed by atoms with Gasteiger partial charge >= 0.3 is 0 Å². The fourth-order valence-electron chi connectivity index (χ4n) is 2.74. The molecule has 2 aromatic carbocycles. The Labute approximate surface area is 148 Å². The first-order chi connectivity index (χ1) is 12.1. The minimum absolute atomic E-state index is 0.116. The van der Waals surface area contributed by atoms with Crippen molar-refractivity contribution >= 4 is 5.91 Å². The van der Waals surface area contributed by atoms with E-state index in [9.17, 15) is 9.90 Å². The zero-order valence-electron chi connectivity index (χ0n) is 14.9. The number of carbonyl (C=O) groups is 1. The zero-order valence-corrected chi connectivity index (χ0v) is 14.9. The van der Waals surface area contributed by atoms with Crippen LogP contribution in [0.5, 0.6) is 11.5 Å². The highest BCUT2D eigenvalue weighted by molar-refractivity contribution is 5.79. The number of methoxy groups -OCH3 is 2. The minimum atomic E-state index is -0.329. The predicted octanol–water partition coefficient (Wildman–Crippen LogP) is 2.27. The first-order valence-corrected chi connectivity index (χ1v) is 8.23. The highest BCUT2D eigenvalue weighted by Crippen LogP contribution is 2.24. The molecule has 0 unspecified atom stereocenters. The Bertz CT molecular complexity index is 715. The Morgan fingerprint density at radius 2 is 1.88 bits per heavy atom. The average molecular weight is 343 g/mol. The van der Waals surface area contributed by atoms with Gasteiger partial charge in [0.05, 0.1) is 33.3 Å². The summed E-state index contributed by atoms with van der Waals surface area (Å²) in [6, 6.07) is 13.0. The monoisotopic (exact) mass is 343 g/mol. The number of benzene rings is 2. The fourth-order valence-corrected chi connectivity index (χ4v) is 2.74. The largest absolute Gasteiger partial charge is 0.497 e. The molecule has 0 saturated carbocycles. The van der Waals surface area contributed by atoms with Crippen molar-refractivity contribution in [3.8, 4) is 11.5 Å². The second-order valence-corrected chi connectivity index (χ2v) is 5.93. The van der Waals surface area contributed by atoms with Crippen LogP contribution in [-0.4, -0.2) is 37.9 Å². The van der Waals surface area contributed by atoms with Gasteiger partial charge in [-0.05, 0) is 42.7 Å². The highest BCUT2D eigenvalue weighted by Gasteiger charge is 2.15. The zero-order chi connectivity index (χ0) is 18.2. The van der Waals surface area contributed by atoms with Crippen molar-refractivity contribution < 1.29 is 19.4 Å². The van der Waals surface area contributed by atoms with E-state index in [1.165, 1.54) is 0 Å². The van der Waals surface area contributed by atoms with Gasteiger partial charge in [-0.25, -0.2) is 0 Å². The SMILES string of the molecule is COc1ccc(OC)c(CC(=O)N[C@H](CO)Cc2ccccc2C)c1. The lowest BCUT2D eigenvalue weighted by Gasteiger charge is -2.18. The van der Waals surface area contributed by atoms with E-state index < -0.39 is 0 Å². The molecule has 0 aliphatic carbocycles. The van der Waals surface area contributed by atoms with Crippen LogP contribution < -0.4 is 14.8 Å². The number of carbonyl (C=O) groups excluding carboxylic acids is 1. The smallest absolute Gasteiger partial charge is 0.224 e. The molecule has 5 heteroatoms. The van der Waals surface area contributed by atoms with Crippen molar-refractivity contribution in [3.63, 3.8) is 0 Å². The summed E-state index contributed by atoms with van der Waals surface area (Å²) in [4.78, 5) is 12.4. The lowest BCUT2D eigenvalue weighted by Crippen LogP contribution is -2.40. The summed E-state index contributed by atoms with van der Waals surface area (Å²) in [5, 5.41) is 12.5. The van der Waals surface area contributed by atoms with E-state index in [-0.39, 0.29) is 25.0 Å². The molecular formula is C20H25NO4. The van der Waals surface area contributed by atoms with Gasteiger partial charge in [0.1, 0.15) is 11.5 Å². The number of ether oxygens (including phenoxy) is 2. The highest BCUT2D eigenvalue weighted by atomic mass is 16.5. The molecule has 5 nitrogen and oxygen atoms in total. The number of aliphatic hydroxyl groups excluding tert-OH is 1. The third-order valence-corrected chi connectivity index (χ3v) is 4.15. The van der Waals surface area contributed by atoms with Crippen molar-refractivity contribution in [1.29, 1.82) is 0 Å². The first-order valence-electron chi connectivity index (χ1n) is 8.23.